The summed E-state index contributed by atoms with van der Waals surface area (Å²) in [7, 11) is 0. The lowest BCUT2D eigenvalue weighted by atomic mass is 10.1. The second kappa shape index (κ2) is 8.64. The van der Waals surface area contributed by atoms with Crippen molar-refractivity contribution in [2.75, 3.05) is 6.61 Å². The summed E-state index contributed by atoms with van der Waals surface area (Å²) in [5, 5.41) is 7.28. The van der Waals surface area contributed by atoms with Gasteiger partial charge < -0.3 is 9.30 Å². The van der Waals surface area contributed by atoms with Crippen LogP contribution in [0.5, 0.6) is 0 Å². The highest BCUT2D eigenvalue weighted by Gasteiger charge is 2.22. The molecule has 176 valence electrons. The number of halogens is 1. The van der Waals surface area contributed by atoms with Crippen molar-refractivity contribution < 1.29 is 13.9 Å². The number of benzene rings is 1. The van der Waals surface area contributed by atoms with E-state index in [1.165, 1.54) is 33.5 Å². The Morgan fingerprint density at radius 2 is 1.80 bits per heavy atom. The van der Waals surface area contributed by atoms with E-state index in [0.717, 1.165) is 0 Å². The Morgan fingerprint density at radius 3 is 2.54 bits per heavy atom. The predicted octanol–water partition coefficient (Wildman–Crippen LogP) is 3.10. The first kappa shape index (κ1) is 22.2. The smallest absolute Gasteiger partial charge is 0.343 e. The summed E-state index contributed by atoms with van der Waals surface area (Å²) >= 11 is 0. The summed E-state index contributed by atoms with van der Waals surface area (Å²) in [6.07, 6.45) is 3.07. The molecule has 0 fully saturated rings. The van der Waals surface area contributed by atoms with E-state index >= 15 is 0 Å². The molecule has 0 aliphatic carbocycles. The quantitative estimate of drug-likeness (QED) is 0.310. The molecule has 0 unspecified atom stereocenters. The maximum Gasteiger partial charge on any atom is 0.343 e. The van der Waals surface area contributed by atoms with Gasteiger partial charge in [-0.05, 0) is 49.7 Å². The molecule has 0 atom stereocenters. The summed E-state index contributed by atoms with van der Waals surface area (Å²) in [6.45, 7) is 3.68. The number of H-pyrrole nitrogens is 1. The molecule has 5 aromatic rings. The fourth-order valence-electron chi connectivity index (χ4n) is 4.03. The van der Waals surface area contributed by atoms with Gasteiger partial charge in [0.1, 0.15) is 11.4 Å². The number of nitrogens with one attached hydrogen (secondary N) is 1. The molecule has 0 spiro atoms. The van der Waals surface area contributed by atoms with Crippen molar-refractivity contribution in [3.63, 3.8) is 0 Å². The van der Waals surface area contributed by atoms with E-state index in [4.69, 9.17) is 4.74 Å². The van der Waals surface area contributed by atoms with Crippen LogP contribution in [0.25, 0.3) is 27.6 Å². The minimum atomic E-state index is -0.599. The second-order valence-electron chi connectivity index (χ2n) is 7.99. The number of aromatic nitrogens is 5. The Hall–Kier alpha value is -4.60. The number of nitrogens with zero attached hydrogens (tertiary/aromatic N) is 4. The van der Waals surface area contributed by atoms with E-state index in [1.54, 1.807) is 44.3 Å². The summed E-state index contributed by atoms with van der Waals surface area (Å²) in [4.78, 5) is 43.5. The number of pyridine rings is 3. The maximum absolute atomic E-state index is 13.6. The van der Waals surface area contributed by atoms with Gasteiger partial charge in [-0.3, -0.25) is 19.3 Å². The van der Waals surface area contributed by atoms with Crippen LogP contribution in [0.2, 0.25) is 0 Å². The molecule has 0 amide bonds. The van der Waals surface area contributed by atoms with Crippen molar-refractivity contribution >= 4 is 27.8 Å². The number of carbonyl (C=O) groups is 1. The normalized spacial score (nSPS) is 11.3. The van der Waals surface area contributed by atoms with Crippen LogP contribution in [0, 0.1) is 12.7 Å². The van der Waals surface area contributed by atoms with E-state index in [2.05, 4.69) is 15.2 Å². The first-order chi connectivity index (χ1) is 16.9. The van der Waals surface area contributed by atoms with Gasteiger partial charge in [-0.15, -0.1) is 0 Å². The number of aromatic amines is 1. The van der Waals surface area contributed by atoms with Crippen LogP contribution < -0.4 is 11.1 Å². The van der Waals surface area contributed by atoms with Crippen molar-refractivity contribution in [1.82, 2.24) is 24.3 Å². The van der Waals surface area contributed by atoms with Crippen LogP contribution >= 0.6 is 0 Å². The Kier molecular flexibility index (Phi) is 5.48. The number of aryl methyl sites for hydroxylation is 1. The van der Waals surface area contributed by atoms with Gasteiger partial charge >= 0.3 is 5.97 Å². The molecule has 1 aromatic carbocycles. The number of rotatable bonds is 5. The van der Waals surface area contributed by atoms with Crippen LogP contribution in [-0.4, -0.2) is 36.9 Å². The Balaban J connectivity index is 1.66. The molecule has 1 N–H and O–H groups in total. The lowest BCUT2D eigenvalue weighted by molar-refractivity contribution is 0.0525. The van der Waals surface area contributed by atoms with Crippen LogP contribution in [0.1, 0.15) is 28.5 Å². The van der Waals surface area contributed by atoms with Crippen LogP contribution in [0.15, 0.2) is 64.4 Å². The molecular formula is C25H20FN5O4. The highest BCUT2D eigenvalue weighted by Crippen LogP contribution is 2.19. The number of esters is 1. The third kappa shape index (κ3) is 3.88. The molecule has 0 aliphatic rings. The molecule has 0 radical (unpaired) electrons. The molecule has 0 saturated heterocycles. The number of hydrogen-bond donors (Lipinski definition) is 1. The zero-order chi connectivity index (χ0) is 24.7. The number of fused-ring (bicyclic) bond motifs is 2. The zero-order valence-electron chi connectivity index (χ0n) is 18.9. The number of ether oxygens (including phenoxy) is 1. The van der Waals surface area contributed by atoms with Crippen molar-refractivity contribution in [2.45, 2.75) is 20.4 Å². The third-order valence-electron chi connectivity index (χ3n) is 5.69. The number of hydrogen-bond acceptors (Lipinski definition) is 6. The standard InChI is InChI=1S/C25H20FN5O4/c1-3-35-25(34)21-14(2)28-29-22(21)31-10-8-20-18(24(31)33)12-17-19(27-20)7-9-30(23(17)32)13-15-5-4-6-16(26)11-15/h4-12H,3,13H2,1-2H3,(H,28,29). The lowest BCUT2D eigenvalue weighted by Gasteiger charge is -2.10. The first-order valence-electron chi connectivity index (χ1n) is 10.9. The molecule has 0 saturated carbocycles. The minimum absolute atomic E-state index is 0.101. The molecule has 4 aromatic heterocycles. The van der Waals surface area contributed by atoms with Crippen LogP contribution in [0.3, 0.4) is 0 Å². The number of carbonyl (C=O) groups excluding carboxylic acids is 1. The highest BCUT2D eigenvalue weighted by atomic mass is 19.1. The summed E-state index contributed by atoms with van der Waals surface area (Å²) in [6, 6.07) is 10.8. The predicted molar refractivity (Wildman–Crippen MR) is 127 cm³/mol. The van der Waals surface area contributed by atoms with Gasteiger partial charge in [-0.2, -0.15) is 5.10 Å². The van der Waals surface area contributed by atoms with Gasteiger partial charge in [0.15, 0.2) is 5.82 Å². The molecule has 35 heavy (non-hydrogen) atoms. The Bertz CT molecular complexity index is 1730. The van der Waals surface area contributed by atoms with Crippen LogP contribution in [-0.2, 0) is 11.3 Å². The molecular weight excluding hydrogens is 453 g/mol. The van der Waals surface area contributed by atoms with E-state index in [9.17, 15) is 18.8 Å². The van der Waals surface area contributed by atoms with Crippen LogP contribution in [0.4, 0.5) is 4.39 Å². The molecule has 4 heterocycles. The van der Waals surface area contributed by atoms with Crippen molar-refractivity contribution in [3.05, 3.63) is 98.2 Å². The SMILES string of the molecule is CCOC(=O)c1c(-n2ccc3nc4ccn(Cc5cccc(F)c5)c(=O)c4cc3c2=O)n[nH]c1C. The highest BCUT2D eigenvalue weighted by molar-refractivity contribution is 5.95. The average molecular weight is 473 g/mol. The summed E-state index contributed by atoms with van der Waals surface area (Å²) < 4.78 is 21.3. The van der Waals surface area contributed by atoms with E-state index in [0.29, 0.717) is 22.3 Å². The lowest BCUT2D eigenvalue weighted by Crippen LogP contribution is -2.23. The first-order valence-corrected chi connectivity index (χ1v) is 10.9. The zero-order valence-corrected chi connectivity index (χ0v) is 18.9. The van der Waals surface area contributed by atoms with E-state index in [-0.39, 0.29) is 46.7 Å². The monoisotopic (exact) mass is 473 g/mol. The topological polar surface area (TPSA) is 112 Å². The average Bonchev–Trinajstić information content (AvgIpc) is 3.22. The molecule has 5 rings (SSSR count). The Morgan fingerprint density at radius 1 is 1.06 bits per heavy atom. The fourth-order valence-corrected chi connectivity index (χ4v) is 4.03. The molecule has 10 heteroatoms. The van der Waals surface area contributed by atoms with Gasteiger partial charge in [-0.25, -0.2) is 14.2 Å². The summed E-state index contributed by atoms with van der Waals surface area (Å²) in [5.74, 6) is -0.887. The van der Waals surface area contributed by atoms with Gasteiger partial charge in [0.05, 0.1) is 35.0 Å². The van der Waals surface area contributed by atoms with Gasteiger partial charge in [-0.1, -0.05) is 12.1 Å². The Labute approximate surface area is 197 Å². The molecule has 9 nitrogen and oxygen atoms in total. The van der Waals surface area contributed by atoms with Gasteiger partial charge in [0.2, 0.25) is 0 Å². The van der Waals surface area contributed by atoms with Gasteiger partial charge in [0, 0.05) is 18.1 Å². The van der Waals surface area contributed by atoms with Crippen molar-refractivity contribution in [3.8, 4) is 5.82 Å². The van der Waals surface area contributed by atoms with Crippen molar-refractivity contribution in [2.24, 2.45) is 0 Å². The second-order valence-corrected chi connectivity index (χ2v) is 7.99. The maximum atomic E-state index is 13.6. The minimum Gasteiger partial charge on any atom is -0.462 e. The summed E-state index contributed by atoms with van der Waals surface area (Å²) in [5.41, 5.74) is 1.21. The van der Waals surface area contributed by atoms with Gasteiger partial charge in [0.25, 0.3) is 11.1 Å². The third-order valence-corrected chi connectivity index (χ3v) is 5.69. The molecule has 0 aliphatic heterocycles. The fraction of sp³-hybridized carbons (Fsp3) is 0.160. The largest absolute Gasteiger partial charge is 0.462 e. The van der Waals surface area contributed by atoms with E-state index in [1.807, 2.05) is 0 Å². The van der Waals surface area contributed by atoms with E-state index < -0.39 is 11.5 Å². The molecule has 0 bridgehead atoms. The van der Waals surface area contributed by atoms with Crippen molar-refractivity contribution in [1.29, 1.82) is 0 Å².